The quantitative estimate of drug-likeness (QED) is 0.934. The molecule has 0 bridgehead atoms. The van der Waals surface area contributed by atoms with E-state index in [0.29, 0.717) is 20.9 Å². The summed E-state index contributed by atoms with van der Waals surface area (Å²) in [4.78, 5) is 11.3. The summed E-state index contributed by atoms with van der Waals surface area (Å²) in [6.45, 7) is 0. The third kappa shape index (κ3) is 2.87. The Balaban J connectivity index is 3.03. The van der Waals surface area contributed by atoms with Gasteiger partial charge in [-0.05, 0) is 28.1 Å². The Morgan fingerprint density at radius 3 is 2.94 bits per heavy atom. The van der Waals surface area contributed by atoms with Gasteiger partial charge in [-0.15, -0.1) is 0 Å². The van der Waals surface area contributed by atoms with Gasteiger partial charge in [0.15, 0.2) is 0 Å². The minimum absolute atomic E-state index is 0.222. The lowest BCUT2D eigenvalue weighted by molar-refractivity contribution is -0.115. The predicted molar refractivity (Wildman–Crippen MR) is 64.6 cm³/mol. The molecule has 1 N–H and O–H groups in total. The molecule has 0 saturated heterocycles. The molecule has 16 heavy (non-hydrogen) atoms. The number of hydrogen-bond acceptors (Lipinski definition) is 3. The second-order valence-electron chi connectivity index (χ2n) is 2.82. The van der Waals surface area contributed by atoms with Crippen molar-refractivity contribution in [2.75, 3.05) is 12.4 Å². The monoisotopic (exact) mass is 302 g/mol. The lowest BCUT2D eigenvalue weighted by Gasteiger charge is -2.11. The van der Waals surface area contributed by atoms with E-state index in [1.807, 2.05) is 0 Å². The Hall–Kier alpha value is -1.25. The van der Waals surface area contributed by atoms with Gasteiger partial charge in [-0.3, -0.25) is 4.79 Å². The normalized spacial score (nSPS) is 9.38. The minimum Gasteiger partial charge on any atom is -0.495 e. The summed E-state index contributed by atoms with van der Waals surface area (Å²) in [5.74, 6) is 0.134. The maximum Gasteiger partial charge on any atom is 0.238 e. The molecule has 6 heteroatoms. The molecule has 0 heterocycles. The third-order valence-corrected chi connectivity index (χ3v) is 2.88. The lowest BCUT2D eigenvalue weighted by atomic mass is 10.3. The first-order chi connectivity index (χ1) is 7.60. The smallest absolute Gasteiger partial charge is 0.238 e. The van der Waals surface area contributed by atoms with Gasteiger partial charge in [-0.2, -0.15) is 5.26 Å². The van der Waals surface area contributed by atoms with Crippen molar-refractivity contribution >= 4 is 39.1 Å². The second-order valence-corrected chi connectivity index (χ2v) is 4.02. The standard InChI is InChI=1S/C10H8BrClN2O2/c1-16-7-3-2-6(12)10(9(7)11)14-8(15)4-5-13/h2-3H,4H2,1H3,(H,14,15). The molecule has 1 aromatic rings. The highest BCUT2D eigenvalue weighted by atomic mass is 79.9. The van der Waals surface area contributed by atoms with E-state index >= 15 is 0 Å². The van der Waals surface area contributed by atoms with Crippen LogP contribution in [0.1, 0.15) is 6.42 Å². The Bertz CT molecular complexity index is 457. The summed E-state index contributed by atoms with van der Waals surface area (Å²) in [6, 6.07) is 5.03. The Labute approximate surface area is 106 Å². The maximum absolute atomic E-state index is 11.3. The van der Waals surface area contributed by atoms with Crippen molar-refractivity contribution in [1.82, 2.24) is 0 Å². The number of halogens is 2. The molecular formula is C10H8BrClN2O2. The first-order valence-electron chi connectivity index (χ1n) is 4.29. The number of ether oxygens (including phenoxy) is 1. The van der Waals surface area contributed by atoms with Gasteiger partial charge in [0.1, 0.15) is 12.2 Å². The molecule has 1 aromatic carbocycles. The van der Waals surface area contributed by atoms with Crippen LogP contribution in [0, 0.1) is 11.3 Å². The molecule has 1 rings (SSSR count). The number of rotatable bonds is 3. The molecule has 0 fully saturated rings. The summed E-state index contributed by atoms with van der Waals surface area (Å²) in [6.07, 6.45) is -0.222. The number of anilines is 1. The van der Waals surface area contributed by atoms with Crippen LogP contribution in [0.2, 0.25) is 5.02 Å². The van der Waals surface area contributed by atoms with Crippen molar-refractivity contribution in [3.05, 3.63) is 21.6 Å². The average Bonchev–Trinajstić information content (AvgIpc) is 2.25. The number of methoxy groups -OCH3 is 1. The predicted octanol–water partition coefficient (Wildman–Crippen LogP) is 2.96. The van der Waals surface area contributed by atoms with Crippen molar-refractivity contribution in [3.8, 4) is 11.8 Å². The molecule has 0 aliphatic carbocycles. The maximum atomic E-state index is 11.3. The van der Waals surface area contributed by atoms with Gasteiger partial charge in [0.2, 0.25) is 5.91 Å². The molecule has 84 valence electrons. The number of amides is 1. The molecular weight excluding hydrogens is 295 g/mol. The van der Waals surface area contributed by atoms with Crippen LogP contribution < -0.4 is 10.1 Å². The summed E-state index contributed by atoms with van der Waals surface area (Å²) >= 11 is 9.18. The van der Waals surface area contributed by atoms with E-state index in [4.69, 9.17) is 21.6 Å². The third-order valence-electron chi connectivity index (χ3n) is 1.78. The average molecular weight is 304 g/mol. The van der Waals surface area contributed by atoms with E-state index in [-0.39, 0.29) is 6.42 Å². The van der Waals surface area contributed by atoms with Crippen molar-refractivity contribution in [3.63, 3.8) is 0 Å². The number of nitriles is 1. The van der Waals surface area contributed by atoms with Crippen LogP contribution in [-0.2, 0) is 4.79 Å². The highest BCUT2D eigenvalue weighted by Crippen LogP contribution is 2.37. The van der Waals surface area contributed by atoms with Crippen LogP contribution in [-0.4, -0.2) is 13.0 Å². The van der Waals surface area contributed by atoms with Crippen LogP contribution >= 0.6 is 27.5 Å². The largest absolute Gasteiger partial charge is 0.495 e. The lowest BCUT2D eigenvalue weighted by Crippen LogP contribution is -2.11. The van der Waals surface area contributed by atoms with Crippen molar-refractivity contribution in [2.24, 2.45) is 0 Å². The summed E-state index contributed by atoms with van der Waals surface area (Å²) in [7, 11) is 1.51. The molecule has 4 nitrogen and oxygen atoms in total. The Morgan fingerprint density at radius 2 is 2.38 bits per heavy atom. The zero-order chi connectivity index (χ0) is 12.1. The fourth-order valence-corrected chi connectivity index (χ4v) is 1.99. The van der Waals surface area contributed by atoms with Crippen LogP contribution in [0.15, 0.2) is 16.6 Å². The van der Waals surface area contributed by atoms with Crippen LogP contribution in [0.4, 0.5) is 5.69 Å². The van der Waals surface area contributed by atoms with Gasteiger partial charge < -0.3 is 10.1 Å². The number of hydrogen-bond donors (Lipinski definition) is 1. The molecule has 0 aliphatic heterocycles. The number of carbonyl (C=O) groups excluding carboxylic acids is 1. The zero-order valence-corrected chi connectivity index (χ0v) is 10.7. The number of carbonyl (C=O) groups is 1. The van der Waals surface area contributed by atoms with E-state index in [2.05, 4.69) is 21.2 Å². The van der Waals surface area contributed by atoms with Crippen LogP contribution in [0.25, 0.3) is 0 Å². The van der Waals surface area contributed by atoms with Gasteiger partial charge in [-0.25, -0.2) is 0 Å². The summed E-state index contributed by atoms with van der Waals surface area (Å²) < 4.78 is 5.61. The summed E-state index contributed by atoms with van der Waals surface area (Å²) in [5, 5.41) is 11.3. The van der Waals surface area contributed by atoms with E-state index < -0.39 is 5.91 Å². The van der Waals surface area contributed by atoms with Crippen molar-refractivity contribution < 1.29 is 9.53 Å². The fraction of sp³-hybridized carbons (Fsp3) is 0.200. The van der Waals surface area contributed by atoms with Gasteiger partial charge >= 0.3 is 0 Å². The van der Waals surface area contributed by atoms with E-state index in [0.717, 1.165) is 0 Å². The zero-order valence-electron chi connectivity index (χ0n) is 8.38. The molecule has 0 aromatic heterocycles. The fourth-order valence-electron chi connectivity index (χ4n) is 1.06. The second kappa shape index (κ2) is 5.73. The van der Waals surface area contributed by atoms with Gasteiger partial charge in [0.25, 0.3) is 0 Å². The molecule has 0 aliphatic rings. The Kier molecular flexibility index (Phi) is 4.59. The Morgan fingerprint density at radius 1 is 1.69 bits per heavy atom. The molecule has 0 unspecified atom stereocenters. The highest BCUT2D eigenvalue weighted by molar-refractivity contribution is 9.10. The molecule has 0 saturated carbocycles. The van der Waals surface area contributed by atoms with Crippen LogP contribution in [0.5, 0.6) is 5.75 Å². The van der Waals surface area contributed by atoms with Crippen molar-refractivity contribution in [2.45, 2.75) is 6.42 Å². The molecule has 0 radical (unpaired) electrons. The van der Waals surface area contributed by atoms with E-state index in [1.165, 1.54) is 7.11 Å². The highest BCUT2D eigenvalue weighted by Gasteiger charge is 2.13. The number of nitrogens with zero attached hydrogens (tertiary/aromatic N) is 1. The van der Waals surface area contributed by atoms with Gasteiger partial charge in [-0.1, -0.05) is 11.6 Å². The minimum atomic E-state index is -0.418. The number of benzene rings is 1. The summed E-state index contributed by atoms with van der Waals surface area (Å²) in [5.41, 5.74) is 0.404. The van der Waals surface area contributed by atoms with Crippen LogP contribution in [0.3, 0.4) is 0 Å². The van der Waals surface area contributed by atoms with E-state index in [1.54, 1.807) is 18.2 Å². The first-order valence-corrected chi connectivity index (χ1v) is 5.46. The number of nitrogens with one attached hydrogen (secondary N) is 1. The van der Waals surface area contributed by atoms with Gasteiger partial charge in [0.05, 0.1) is 28.4 Å². The molecule has 0 spiro atoms. The van der Waals surface area contributed by atoms with Crippen molar-refractivity contribution in [1.29, 1.82) is 5.26 Å². The topological polar surface area (TPSA) is 62.1 Å². The molecule has 1 amide bonds. The first kappa shape index (κ1) is 12.8. The van der Waals surface area contributed by atoms with Gasteiger partial charge in [0, 0.05) is 0 Å². The SMILES string of the molecule is COc1ccc(Cl)c(NC(=O)CC#N)c1Br. The van der Waals surface area contributed by atoms with E-state index in [9.17, 15) is 4.79 Å². The molecule has 0 atom stereocenters.